The number of hydrogen-bond acceptors (Lipinski definition) is 8. The van der Waals surface area contributed by atoms with Crippen molar-refractivity contribution in [1.29, 1.82) is 0 Å². The molecule has 5 atom stereocenters. The second-order valence-electron chi connectivity index (χ2n) is 14.7. The number of aromatic amines is 1. The lowest BCUT2D eigenvalue weighted by atomic mass is 9.98. The summed E-state index contributed by atoms with van der Waals surface area (Å²) in [4.78, 5) is 85.5. The number of carbonyl (C=O) groups excluding carboxylic acids is 6. The molecule has 50 heavy (non-hydrogen) atoms. The molecule has 1 aromatic heterocycles. The number of unbranched alkanes of at least 4 members (excludes halogenated alkanes) is 1. The van der Waals surface area contributed by atoms with Gasteiger partial charge in [-0.05, 0) is 76.5 Å². The topological polar surface area (TPSA) is 214 Å². The van der Waals surface area contributed by atoms with E-state index in [1.54, 1.807) is 40.8 Å². The van der Waals surface area contributed by atoms with E-state index in [1.165, 1.54) is 0 Å². The summed E-state index contributed by atoms with van der Waals surface area (Å²) in [5, 5.41) is 14.6. The number of nitrogens with two attached hydrogens (primary N) is 1. The summed E-state index contributed by atoms with van der Waals surface area (Å²) in [7, 11) is 0. The standard InChI is InChI=1S/C36H55N7O7/c1-20(2)16-26-32(46)40-27(17-22-19-38-24-13-9-8-12-23(22)24)33(47)41-28(18-29(44)50-36(5,6)7)34(48)39-25(14-10-11-15-37)31(45)43-30(21(3)4)35(49)42-26/h8-9,12-13,19-21,25-28,30,38H,10-11,14-18,37H2,1-7H3,(H,39,48)(H,40,46)(H,41,47)(H,42,49)(H,43,45)/t25-,26-,27+,28+,30+/m0/s1. The van der Waals surface area contributed by atoms with Crippen molar-refractivity contribution in [3.63, 3.8) is 0 Å². The number of esters is 1. The van der Waals surface area contributed by atoms with E-state index in [0.717, 1.165) is 16.5 Å². The lowest BCUT2D eigenvalue weighted by Gasteiger charge is -2.28. The van der Waals surface area contributed by atoms with E-state index >= 15 is 0 Å². The van der Waals surface area contributed by atoms with E-state index in [2.05, 4.69) is 31.6 Å². The molecule has 14 nitrogen and oxygen atoms in total. The van der Waals surface area contributed by atoms with Gasteiger partial charge in [0.05, 0.1) is 6.42 Å². The van der Waals surface area contributed by atoms with Gasteiger partial charge in [-0.2, -0.15) is 0 Å². The Kier molecular flexibility index (Phi) is 14.4. The maximum absolute atomic E-state index is 14.1. The zero-order valence-electron chi connectivity index (χ0n) is 30.3. The van der Waals surface area contributed by atoms with E-state index in [0.29, 0.717) is 19.4 Å². The number of ether oxygens (including phenoxy) is 1. The van der Waals surface area contributed by atoms with Gasteiger partial charge in [-0.15, -0.1) is 0 Å². The molecule has 0 saturated carbocycles. The van der Waals surface area contributed by atoms with E-state index in [4.69, 9.17) is 10.5 Å². The molecule has 8 N–H and O–H groups in total. The average molecular weight is 698 g/mol. The lowest BCUT2D eigenvalue weighted by molar-refractivity contribution is -0.156. The largest absolute Gasteiger partial charge is 0.460 e. The predicted molar refractivity (Wildman–Crippen MR) is 189 cm³/mol. The molecule has 0 aliphatic carbocycles. The Morgan fingerprint density at radius 2 is 1.36 bits per heavy atom. The fraction of sp³-hybridized carbons (Fsp3) is 0.611. The Balaban J connectivity index is 2.11. The van der Waals surface area contributed by atoms with Crippen LogP contribution >= 0.6 is 0 Å². The second-order valence-corrected chi connectivity index (χ2v) is 14.7. The first kappa shape index (κ1) is 40.0. The fourth-order valence-corrected chi connectivity index (χ4v) is 5.82. The second kappa shape index (κ2) is 18.0. The maximum atomic E-state index is 14.1. The number of H-pyrrole nitrogens is 1. The van der Waals surface area contributed by atoms with Crippen molar-refractivity contribution in [3.8, 4) is 0 Å². The van der Waals surface area contributed by atoms with E-state index in [1.807, 2.05) is 38.1 Å². The molecule has 1 aromatic carbocycles. The first-order valence-electron chi connectivity index (χ1n) is 17.5. The van der Waals surface area contributed by atoms with Crippen LogP contribution in [0, 0.1) is 11.8 Å². The molecule has 276 valence electrons. The monoisotopic (exact) mass is 697 g/mol. The summed E-state index contributed by atoms with van der Waals surface area (Å²) in [5.41, 5.74) is 6.38. The quantitative estimate of drug-likeness (QED) is 0.135. The predicted octanol–water partition coefficient (Wildman–Crippen LogP) is 1.71. The molecule has 2 aromatic rings. The number of benzene rings is 1. The maximum Gasteiger partial charge on any atom is 0.308 e. The first-order valence-corrected chi connectivity index (χ1v) is 17.5. The van der Waals surface area contributed by atoms with Gasteiger partial charge in [-0.1, -0.05) is 45.9 Å². The molecule has 0 spiro atoms. The van der Waals surface area contributed by atoms with Gasteiger partial charge < -0.3 is 42.0 Å². The molecule has 0 radical (unpaired) electrons. The average Bonchev–Trinajstić information content (AvgIpc) is 3.42. The van der Waals surface area contributed by atoms with Crippen LogP contribution < -0.4 is 32.3 Å². The normalized spacial score (nSPS) is 23.0. The van der Waals surface area contributed by atoms with E-state index in [9.17, 15) is 28.8 Å². The zero-order chi connectivity index (χ0) is 37.2. The smallest absolute Gasteiger partial charge is 0.308 e. The van der Waals surface area contributed by atoms with Crippen LogP contribution in [0.15, 0.2) is 30.5 Å². The first-order chi connectivity index (χ1) is 23.5. The van der Waals surface area contributed by atoms with Crippen molar-refractivity contribution in [2.24, 2.45) is 17.6 Å². The fourth-order valence-electron chi connectivity index (χ4n) is 5.82. The Hall–Kier alpha value is -4.46. The minimum absolute atomic E-state index is 0.0203. The van der Waals surface area contributed by atoms with Gasteiger partial charge in [0.15, 0.2) is 0 Å². The molecule has 3 rings (SSSR count). The molecule has 0 bridgehead atoms. The van der Waals surface area contributed by atoms with Crippen LogP contribution in [-0.4, -0.2) is 82.8 Å². The van der Waals surface area contributed by atoms with Crippen LogP contribution in [0.4, 0.5) is 0 Å². The van der Waals surface area contributed by atoms with Crippen LogP contribution in [0.2, 0.25) is 0 Å². The van der Waals surface area contributed by atoms with Gasteiger partial charge >= 0.3 is 5.97 Å². The zero-order valence-corrected chi connectivity index (χ0v) is 30.3. The summed E-state index contributed by atoms with van der Waals surface area (Å²) in [5.74, 6) is -4.48. The van der Waals surface area contributed by atoms with Crippen molar-refractivity contribution >= 4 is 46.4 Å². The van der Waals surface area contributed by atoms with Crippen molar-refractivity contribution in [2.75, 3.05) is 6.54 Å². The molecular weight excluding hydrogens is 642 g/mol. The molecule has 1 aliphatic rings. The molecular formula is C36H55N7O7. The molecule has 0 unspecified atom stereocenters. The number of fused-ring (bicyclic) bond motifs is 1. The van der Waals surface area contributed by atoms with Gasteiger partial charge in [0.1, 0.15) is 35.8 Å². The Bertz CT molecular complexity index is 1510. The summed E-state index contributed by atoms with van der Waals surface area (Å²) in [6.45, 7) is 12.7. The number of nitrogens with one attached hydrogen (secondary N) is 6. The lowest BCUT2D eigenvalue weighted by Crippen LogP contribution is -2.59. The molecule has 5 amide bonds. The number of hydrogen-bond donors (Lipinski definition) is 7. The Morgan fingerprint density at radius 3 is 2.00 bits per heavy atom. The van der Waals surface area contributed by atoms with Crippen molar-refractivity contribution in [2.45, 2.75) is 123 Å². The summed E-state index contributed by atoms with van der Waals surface area (Å²) < 4.78 is 5.47. The van der Waals surface area contributed by atoms with Crippen molar-refractivity contribution < 1.29 is 33.5 Å². The minimum atomic E-state index is -1.46. The van der Waals surface area contributed by atoms with Crippen LogP contribution in [0.1, 0.15) is 86.1 Å². The van der Waals surface area contributed by atoms with Crippen LogP contribution in [0.5, 0.6) is 0 Å². The number of carbonyl (C=O) groups is 6. The van der Waals surface area contributed by atoms with E-state index in [-0.39, 0.29) is 31.1 Å². The Labute approximate surface area is 294 Å². The molecule has 2 heterocycles. The minimum Gasteiger partial charge on any atom is -0.460 e. The highest BCUT2D eigenvalue weighted by Crippen LogP contribution is 2.20. The van der Waals surface area contributed by atoms with Gasteiger partial charge in [-0.3, -0.25) is 28.8 Å². The number of rotatable bonds is 11. The van der Waals surface area contributed by atoms with Crippen molar-refractivity contribution in [3.05, 3.63) is 36.0 Å². The van der Waals surface area contributed by atoms with Crippen LogP contribution in [0.3, 0.4) is 0 Å². The van der Waals surface area contributed by atoms with Gasteiger partial charge in [0.2, 0.25) is 29.5 Å². The van der Waals surface area contributed by atoms with Gasteiger partial charge in [0.25, 0.3) is 0 Å². The van der Waals surface area contributed by atoms with Gasteiger partial charge in [-0.25, -0.2) is 0 Å². The van der Waals surface area contributed by atoms with E-state index < -0.39 is 77.7 Å². The van der Waals surface area contributed by atoms with Crippen LogP contribution in [-0.2, 0) is 39.9 Å². The Morgan fingerprint density at radius 1 is 0.780 bits per heavy atom. The summed E-state index contributed by atoms with van der Waals surface area (Å²) >= 11 is 0. The van der Waals surface area contributed by atoms with Crippen LogP contribution in [0.25, 0.3) is 10.9 Å². The number of para-hydroxylation sites is 1. The number of amides is 5. The highest BCUT2D eigenvalue weighted by atomic mass is 16.6. The third kappa shape index (κ3) is 11.9. The third-order valence-electron chi connectivity index (χ3n) is 8.32. The van der Waals surface area contributed by atoms with Gasteiger partial charge in [0, 0.05) is 23.5 Å². The number of aromatic nitrogens is 1. The SMILES string of the molecule is CC(C)C[C@@H]1NC(=O)[C@@H](C(C)C)NC(=O)[C@H](CCCCN)NC(=O)[C@@H](CC(=O)OC(C)(C)C)NC(=O)[C@@H](Cc2c[nH]c3ccccc23)NC1=O. The third-order valence-corrected chi connectivity index (χ3v) is 8.32. The highest BCUT2D eigenvalue weighted by Gasteiger charge is 2.37. The molecule has 14 heteroatoms. The molecule has 1 fully saturated rings. The molecule has 1 aliphatic heterocycles. The summed E-state index contributed by atoms with van der Waals surface area (Å²) in [6, 6.07) is 1.63. The molecule has 1 saturated heterocycles. The summed E-state index contributed by atoms with van der Waals surface area (Å²) in [6.07, 6.45) is 2.73. The van der Waals surface area contributed by atoms with Crippen molar-refractivity contribution in [1.82, 2.24) is 31.6 Å². The highest BCUT2D eigenvalue weighted by molar-refractivity contribution is 5.99.